The van der Waals surface area contributed by atoms with E-state index in [1.165, 1.54) is 12.1 Å². The van der Waals surface area contributed by atoms with Crippen molar-refractivity contribution >= 4 is 28.6 Å². The van der Waals surface area contributed by atoms with Crippen LogP contribution in [-0.2, 0) is 17.7 Å². The molecule has 5 heteroatoms. The molecule has 0 saturated carbocycles. The molecule has 0 radical (unpaired) electrons. The average molecular weight is 320 g/mol. The van der Waals surface area contributed by atoms with Gasteiger partial charge in [0.1, 0.15) is 0 Å². The smallest absolute Gasteiger partial charge is 0.359 e. The van der Waals surface area contributed by atoms with Crippen LogP contribution in [0, 0.1) is 3.57 Å². The number of hydrogen-bond acceptors (Lipinski definition) is 3. The number of esters is 1. The number of halogens is 1. The predicted octanol–water partition coefficient (Wildman–Crippen LogP) is 2.00. The van der Waals surface area contributed by atoms with Crippen molar-refractivity contribution < 1.29 is 9.53 Å². The number of aromatic nitrogens is 2. The largest absolute Gasteiger partial charge is 0.461 e. The maximum absolute atomic E-state index is 11.6. The fourth-order valence-corrected chi connectivity index (χ4v) is 2.66. The number of rotatable bonds is 2. The van der Waals surface area contributed by atoms with Gasteiger partial charge in [0.25, 0.3) is 0 Å². The lowest BCUT2D eigenvalue weighted by Crippen LogP contribution is -2.11. The molecule has 1 aliphatic heterocycles. The van der Waals surface area contributed by atoms with Crippen molar-refractivity contribution in [1.82, 2.24) is 9.78 Å². The van der Waals surface area contributed by atoms with Gasteiger partial charge in [-0.05, 0) is 48.8 Å². The van der Waals surface area contributed by atoms with E-state index in [0.29, 0.717) is 12.3 Å². The Balaban J connectivity index is 2.32. The van der Waals surface area contributed by atoms with Crippen molar-refractivity contribution in [2.24, 2.45) is 0 Å². The molecule has 15 heavy (non-hydrogen) atoms. The van der Waals surface area contributed by atoms with Gasteiger partial charge in [0.05, 0.1) is 15.9 Å². The van der Waals surface area contributed by atoms with Crippen LogP contribution in [0.4, 0.5) is 0 Å². The highest BCUT2D eigenvalue weighted by Gasteiger charge is 2.23. The molecule has 82 valence electrons. The SMILES string of the molecule is CCOC(=O)c1nn2c(c1I)CCCC2. The zero-order valence-corrected chi connectivity index (χ0v) is 10.8. The van der Waals surface area contributed by atoms with Gasteiger partial charge in [0.15, 0.2) is 5.69 Å². The third kappa shape index (κ3) is 2.02. The molecule has 0 aliphatic carbocycles. The van der Waals surface area contributed by atoms with Crippen molar-refractivity contribution in [3.05, 3.63) is 15.0 Å². The number of fused-ring (bicyclic) bond motifs is 1. The van der Waals surface area contributed by atoms with Gasteiger partial charge in [-0.3, -0.25) is 4.68 Å². The highest BCUT2D eigenvalue weighted by Crippen LogP contribution is 2.23. The summed E-state index contributed by atoms with van der Waals surface area (Å²) in [5.74, 6) is -0.302. The molecule has 0 atom stereocenters. The molecule has 2 rings (SSSR count). The van der Waals surface area contributed by atoms with Gasteiger partial charge in [-0.15, -0.1) is 0 Å². The van der Waals surface area contributed by atoms with Crippen molar-refractivity contribution in [1.29, 1.82) is 0 Å². The Labute approximate surface area is 102 Å². The van der Waals surface area contributed by atoms with Crippen LogP contribution in [0.25, 0.3) is 0 Å². The van der Waals surface area contributed by atoms with Crippen LogP contribution in [-0.4, -0.2) is 22.4 Å². The summed E-state index contributed by atoms with van der Waals surface area (Å²) in [6.07, 6.45) is 3.35. The standard InChI is InChI=1S/C10H13IN2O2/c1-2-15-10(14)9-8(11)7-5-3-4-6-13(7)12-9/h2-6H2,1H3. The van der Waals surface area contributed by atoms with E-state index < -0.39 is 0 Å². The fraction of sp³-hybridized carbons (Fsp3) is 0.600. The molecule has 0 amide bonds. The van der Waals surface area contributed by atoms with Crippen LogP contribution in [0.15, 0.2) is 0 Å². The molecule has 0 aromatic carbocycles. The third-order valence-electron chi connectivity index (χ3n) is 2.50. The normalized spacial score (nSPS) is 14.8. The van der Waals surface area contributed by atoms with E-state index >= 15 is 0 Å². The minimum Gasteiger partial charge on any atom is -0.461 e. The molecule has 1 aliphatic rings. The summed E-state index contributed by atoms with van der Waals surface area (Å²) in [4.78, 5) is 11.6. The van der Waals surface area contributed by atoms with Crippen LogP contribution in [0.2, 0.25) is 0 Å². The molecule has 0 N–H and O–H groups in total. The number of hydrogen-bond donors (Lipinski definition) is 0. The molecule has 0 saturated heterocycles. The van der Waals surface area contributed by atoms with Crippen LogP contribution in [0.1, 0.15) is 35.9 Å². The van der Waals surface area contributed by atoms with Gasteiger partial charge in [-0.25, -0.2) is 4.79 Å². The second-order valence-electron chi connectivity index (χ2n) is 3.51. The van der Waals surface area contributed by atoms with Crippen molar-refractivity contribution in [2.45, 2.75) is 32.7 Å². The van der Waals surface area contributed by atoms with Gasteiger partial charge in [-0.2, -0.15) is 5.10 Å². The van der Waals surface area contributed by atoms with E-state index in [4.69, 9.17) is 4.74 Å². The van der Waals surface area contributed by atoms with E-state index in [1.54, 1.807) is 6.92 Å². The number of carbonyl (C=O) groups is 1. The maximum atomic E-state index is 11.6. The average Bonchev–Trinajstić information content (AvgIpc) is 2.57. The Kier molecular flexibility index (Phi) is 3.28. The predicted molar refractivity (Wildman–Crippen MR) is 63.8 cm³/mol. The summed E-state index contributed by atoms with van der Waals surface area (Å²) in [6.45, 7) is 3.13. The van der Waals surface area contributed by atoms with E-state index in [-0.39, 0.29) is 5.97 Å². The minimum absolute atomic E-state index is 0.302. The molecule has 0 fully saturated rings. The van der Waals surface area contributed by atoms with Gasteiger partial charge >= 0.3 is 5.97 Å². The maximum Gasteiger partial charge on any atom is 0.359 e. The summed E-state index contributed by atoms with van der Waals surface area (Å²) < 4.78 is 7.87. The summed E-state index contributed by atoms with van der Waals surface area (Å²) in [7, 11) is 0. The van der Waals surface area contributed by atoms with Crippen LogP contribution < -0.4 is 0 Å². The van der Waals surface area contributed by atoms with Crippen molar-refractivity contribution in [3.63, 3.8) is 0 Å². The molecule has 1 aromatic heterocycles. The molecule has 1 aromatic rings. The monoisotopic (exact) mass is 320 g/mol. The lowest BCUT2D eigenvalue weighted by atomic mass is 10.1. The second kappa shape index (κ2) is 4.51. The summed E-state index contributed by atoms with van der Waals surface area (Å²) in [6, 6.07) is 0. The Hall–Kier alpha value is -0.590. The molecule has 0 spiro atoms. The second-order valence-corrected chi connectivity index (χ2v) is 4.59. The highest BCUT2D eigenvalue weighted by atomic mass is 127. The van der Waals surface area contributed by atoms with Crippen LogP contribution >= 0.6 is 22.6 Å². The Morgan fingerprint density at radius 2 is 2.40 bits per heavy atom. The molecule has 0 bridgehead atoms. The number of carbonyl (C=O) groups excluding carboxylic acids is 1. The van der Waals surface area contributed by atoms with E-state index in [0.717, 1.165) is 23.0 Å². The van der Waals surface area contributed by atoms with Crippen molar-refractivity contribution in [2.75, 3.05) is 6.61 Å². The van der Waals surface area contributed by atoms with Gasteiger partial charge < -0.3 is 4.74 Å². The van der Waals surface area contributed by atoms with Gasteiger partial charge in [0.2, 0.25) is 0 Å². The Bertz CT molecular complexity index is 387. The van der Waals surface area contributed by atoms with Gasteiger partial charge in [-0.1, -0.05) is 0 Å². The lowest BCUT2D eigenvalue weighted by Gasteiger charge is -2.12. The summed E-state index contributed by atoms with van der Waals surface area (Å²) >= 11 is 2.19. The molecular weight excluding hydrogens is 307 g/mol. The fourth-order valence-electron chi connectivity index (χ4n) is 1.78. The number of aryl methyl sites for hydroxylation is 1. The molecule has 2 heterocycles. The zero-order valence-electron chi connectivity index (χ0n) is 8.62. The zero-order chi connectivity index (χ0) is 10.8. The molecule has 0 unspecified atom stereocenters. The first-order chi connectivity index (χ1) is 7.24. The van der Waals surface area contributed by atoms with E-state index in [1.807, 2.05) is 4.68 Å². The number of ether oxygens (including phenoxy) is 1. The molecular formula is C10H13IN2O2. The minimum atomic E-state index is -0.302. The van der Waals surface area contributed by atoms with E-state index in [9.17, 15) is 4.79 Å². The summed E-state index contributed by atoms with van der Waals surface area (Å²) in [5, 5.41) is 4.30. The van der Waals surface area contributed by atoms with Gasteiger partial charge in [0, 0.05) is 6.54 Å². The third-order valence-corrected chi connectivity index (χ3v) is 3.63. The number of nitrogens with zero attached hydrogens (tertiary/aromatic N) is 2. The Morgan fingerprint density at radius 3 is 3.07 bits per heavy atom. The van der Waals surface area contributed by atoms with Crippen LogP contribution in [0.3, 0.4) is 0 Å². The van der Waals surface area contributed by atoms with Crippen molar-refractivity contribution in [3.8, 4) is 0 Å². The molecule has 4 nitrogen and oxygen atoms in total. The Morgan fingerprint density at radius 1 is 1.60 bits per heavy atom. The first-order valence-corrected chi connectivity index (χ1v) is 6.24. The quantitative estimate of drug-likeness (QED) is 0.618. The summed E-state index contributed by atoms with van der Waals surface area (Å²) in [5.41, 5.74) is 1.67. The van der Waals surface area contributed by atoms with E-state index in [2.05, 4.69) is 27.7 Å². The topological polar surface area (TPSA) is 44.1 Å². The van der Waals surface area contributed by atoms with Crippen LogP contribution in [0.5, 0.6) is 0 Å². The first-order valence-electron chi connectivity index (χ1n) is 5.16. The lowest BCUT2D eigenvalue weighted by molar-refractivity contribution is 0.0517. The highest BCUT2D eigenvalue weighted by molar-refractivity contribution is 14.1. The first kappa shape index (κ1) is 10.9.